The van der Waals surface area contributed by atoms with Gasteiger partial charge in [-0.25, -0.2) is 0 Å². The number of aliphatic hydroxyl groups excluding tert-OH is 1. The molecule has 1 amide bonds. The molecule has 2 aromatic carbocycles. The number of piperazine rings is 1. The van der Waals surface area contributed by atoms with Gasteiger partial charge in [-0.05, 0) is 92.4 Å². The Morgan fingerprint density at radius 2 is 2.05 bits per heavy atom. The van der Waals surface area contributed by atoms with E-state index in [1.807, 2.05) is 36.4 Å². The van der Waals surface area contributed by atoms with Crippen molar-refractivity contribution in [2.75, 3.05) is 37.8 Å². The van der Waals surface area contributed by atoms with Gasteiger partial charge in [-0.2, -0.15) is 0 Å². The number of aryl methyl sites for hydroxylation is 1. The normalized spacial score (nSPS) is 21.9. The number of carbonyl (C=O) groups excluding carboxylic acids is 1. The van der Waals surface area contributed by atoms with Crippen LogP contribution in [0.4, 0.5) is 5.69 Å². The molecule has 1 heterocycles. The molecule has 1 aliphatic heterocycles. The average Bonchev–Trinajstić information content (AvgIpc) is 2.91. The minimum Gasteiger partial charge on any atom is -0.490 e. The molecule has 1 aliphatic carbocycles. The molecule has 2 fully saturated rings. The molecule has 2 aliphatic rings. The van der Waals surface area contributed by atoms with Crippen LogP contribution in [0.5, 0.6) is 5.75 Å². The third kappa shape index (κ3) is 7.48. The highest BCUT2D eigenvalue weighted by atomic mass is 16.5. The number of aliphatic hydroxyl groups is 1. The molecule has 0 spiro atoms. The van der Waals surface area contributed by atoms with Gasteiger partial charge in [0.2, 0.25) is 5.91 Å². The van der Waals surface area contributed by atoms with E-state index in [2.05, 4.69) is 40.2 Å². The van der Waals surface area contributed by atoms with Crippen LogP contribution >= 0.6 is 0 Å². The summed E-state index contributed by atoms with van der Waals surface area (Å²) in [5.41, 5.74) is 13.2. The van der Waals surface area contributed by atoms with E-state index in [9.17, 15) is 9.90 Å². The second-order valence-electron chi connectivity index (χ2n) is 10.6. The zero-order valence-corrected chi connectivity index (χ0v) is 22.6. The van der Waals surface area contributed by atoms with Crippen molar-refractivity contribution < 1.29 is 14.6 Å². The molecule has 0 bridgehead atoms. The van der Waals surface area contributed by atoms with Gasteiger partial charge in [0.1, 0.15) is 12.4 Å². The third-order valence-corrected chi connectivity index (χ3v) is 7.64. The van der Waals surface area contributed by atoms with Crippen molar-refractivity contribution in [3.63, 3.8) is 0 Å². The molecule has 0 radical (unpaired) electrons. The Kier molecular flexibility index (Phi) is 10.0. The highest BCUT2D eigenvalue weighted by Crippen LogP contribution is 2.31. The number of benzene rings is 2. The average molecular weight is 521 g/mol. The summed E-state index contributed by atoms with van der Waals surface area (Å²) in [4.78, 5) is 20.6. The molecule has 9 heteroatoms. The number of amides is 1. The first kappa shape index (κ1) is 27.9. The van der Waals surface area contributed by atoms with Gasteiger partial charge in [0.25, 0.3) is 0 Å². The standard InChI is InChI=1S/C29H40N6O3/c1-21-16-26(9-6-25(21)19-34-14-13-31-22(2)18-34)35(20-32-33-30)29(37)24-7-10-27(11-8-24)38-28-5-3-4-23(17-28)12-15-36/h3-6,9,16-17,22,24,27,31,36H,7-8,10-15,18-20H2,1-2H3/t22-,24?,27?/m0/s1. The number of nitrogens with one attached hydrogen (secondary N) is 1. The van der Waals surface area contributed by atoms with E-state index < -0.39 is 0 Å². The van der Waals surface area contributed by atoms with E-state index in [1.165, 1.54) is 5.56 Å². The van der Waals surface area contributed by atoms with Crippen LogP contribution in [0.25, 0.3) is 10.4 Å². The van der Waals surface area contributed by atoms with E-state index in [4.69, 9.17) is 10.3 Å². The number of ether oxygens (including phenoxy) is 1. The van der Waals surface area contributed by atoms with Gasteiger partial charge in [-0.1, -0.05) is 23.3 Å². The molecular formula is C29H40N6O3. The number of azide groups is 1. The first-order valence-corrected chi connectivity index (χ1v) is 13.7. The fourth-order valence-corrected chi connectivity index (χ4v) is 5.54. The van der Waals surface area contributed by atoms with Crippen molar-refractivity contribution in [3.05, 3.63) is 69.6 Å². The fraction of sp³-hybridized carbons (Fsp3) is 0.552. The van der Waals surface area contributed by atoms with E-state index >= 15 is 0 Å². The van der Waals surface area contributed by atoms with Crippen LogP contribution in [-0.2, 0) is 17.8 Å². The summed E-state index contributed by atoms with van der Waals surface area (Å²) in [5, 5.41) is 16.4. The number of hydrogen-bond donors (Lipinski definition) is 2. The molecule has 2 aromatic rings. The second kappa shape index (κ2) is 13.6. The van der Waals surface area contributed by atoms with Gasteiger partial charge in [-0.3, -0.25) is 9.69 Å². The summed E-state index contributed by atoms with van der Waals surface area (Å²) in [6.45, 7) is 8.30. The summed E-state index contributed by atoms with van der Waals surface area (Å²) in [6.07, 6.45) is 3.70. The molecule has 2 N–H and O–H groups in total. The lowest BCUT2D eigenvalue weighted by molar-refractivity contribution is -0.123. The van der Waals surface area contributed by atoms with Crippen molar-refractivity contribution in [3.8, 4) is 5.75 Å². The van der Waals surface area contributed by atoms with Gasteiger partial charge >= 0.3 is 0 Å². The molecule has 1 atom stereocenters. The SMILES string of the molecule is Cc1cc(N(CN=[N+]=[N-])C(=O)C2CCC(Oc3cccc(CCO)c3)CC2)ccc1CN1CCN[C@@H](C)C1. The topological polar surface area (TPSA) is 114 Å². The highest BCUT2D eigenvalue weighted by Gasteiger charge is 2.31. The van der Waals surface area contributed by atoms with Gasteiger partial charge < -0.3 is 20.1 Å². The lowest BCUT2D eigenvalue weighted by Crippen LogP contribution is -2.48. The molecular weight excluding hydrogens is 480 g/mol. The Morgan fingerprint density at radius 3 is 2.76 bits per heavy atom. The lowest BCUT2D eigenvalue weighted by Gasteiger charge is -2.33. The zero-order valence-electron chi connectivity index (χ0n) is 22.6. The van der Waals surface area contributed by atoms with Crippen LogP contribution in [0.3, 0.4) is 0 Å². The van der Waals surface area contributed by atoms with Gasteiger partial charge in [0.15, 0.2) is 0 Å². The van der Waals surface area contributed by atoms with Gasteiger partial charge in [0.05, 0.1) is 6.10 Å². The first-order valence-electron chi connectivity index (χ1n) is 13.7. The Morgan fingerprint density at radius 1 is 1.24 bits per heavy atom. The van der Waals surface area contributed by atoms with Crippen molar-refractivity contribution in [1.29, 1.82) is 0 Å². The quantitative estimate of drug-likeness (QED) is 0.271. The Balaban J connectivity index is 1.38. The summed E-state index contributed by atoms with van der Waals surface area (Å²) in [6, 6.07) is 14.4. The van der Waals surface area contributed by atoms with Gasteiger partial charge in [-0.15, -0.1) is 0 Å². The van der Waals surface area contributed by atoms with E-state index in [0.717, 1.165) is 74.4 Å². The van der Waals surface area contributed by atoms with Crippen molar-refractivity contribution in [1.82, 2.24) is 10.2 Å². The van der Waals surface area contributed by atoms with Crippen LogP contribution in [0, 0.1) is 12.8 Å². The largest absolute Gasteiger partial charge is 0.490 e. The molecule has 0 aromatic heterocycles. The number of carbonyl (C=O) groups is 1. The first-order chi connectivity index (χ1) is 18.5. The summed E-state index contributed by atoms with van der Waals surface area (Å²) in [5.74, 6) is 0.678. The predicted octanol–water partition coefficient (Wildman–Crippen LogP) is 4.56. The zero-order chi connectivity index (χ0) is 26.9. The Labute approximate surface area is 225 Å². The summed E-state index contributed by atoms with van der Waals surface area (Å²) < 4.78 is 6.20. The molecule has 204 valence electrons. The number of nitrogens with zero attached hydrogens (tertiary/aromatic N) is 5. The molecule has 1 saturated heterocycles. The van der Waals surface area contributed by atoms with Crippen molar-refractivity contribution >= 4 is 11.6 Å². The van der Waals surface area contributed by atoms with Gasteiger partial charge in [0, 0.05) is 55.3 Å². The second-order valence-corrected chi connectivity index (χ2v) is 10.6. The van der Waals surface area contributed by atoms with Crippen LogP contribution < -0.4 is 15.0 Å². The van der Waals surface area contributed by atoms with E-state index in [0.29, 0.717) is 12.5 Å². The van der Waals surface area contributed by atoms with E-state index in [1.54, 1.807) is 4.90 Å². The maximum atomic E-state index is 13.6. The number of hydrogen-bond acceptors (Lipinski definition) is 6. The van der Waals surface area contributed by atoms with E-state index in [-0.39, 0.29) is 31.2 Å². The maximum Gasteiger partial charge on any atom is 0.230 e. The van der Waals surface area contributed by atoms with Crippen LogP contribution in [0.1, 0.15) is 49.3 Å². The number of rotatable bonds is 10. The maximum absolute atomic E-state index is 13.6. The van der Waals surface area contributed by atoms with Crippen molar-refractivity contribution in [2.45, 2.75) is 64.6 Å². The molecule has 9 nitrogen and oxygen atoms in total. The predicted molar refractivity (Wildman–Crippen MR) is 149 cm³/mol. The van der Waals surface area contributed by atoms with Crippen LogP contribution in [0.15, 0.2) is 47.6 Å². The fourth-order valence-electron chi connectivity index (χ4n) is 5.54. The highest BCUT2D eigenvalue weighted by molar-refractivity contribution is 5.95. The third-order valence-electron chi connectivity index (χ3n) is 7.64. The smallest absolute Gasteiger partial charge is 0.230 e. The lowest BCUT2D eigenvalue weighted by atomic mass is 9.86. The molecule has 1 saturated carbocycles. The number of anilines is 1. The monoisotopic (exact) mass is 520 g/mol. The summed E-state index contributed by atoms with van der Waals surface area (Å²) in [7, 11) is 0. The summed E-state index contributed by atoms with van der Waals surface area (Å²) >= 11 is 0. The van der Waals surface area contributed by atoms with Crippen LogP contribution in [-0.4, -0.2) is 61.0 Å². The molecule has 0 unspecified atom stereocenters. The molecule has 38 heavy (non-hydrogen) atoms. The van der Waals surface area contributed by atoms with Crippen LogP contribution in [0.2, 0.25) is 0 Å². The molecule has 4 rings (SSSR count). The minimum atomic E-state index is -0.133. The Hall–Kier alpha value is -3.10. The Bertz CT molecular complexity index is 1130. The minimum absolute atomic E-state index is 0.00359. The van der Waals surface area contributed by atoms with Crippen molar-refractivity contribution in [2.24, 2.45) is 11.0 Å².